The van der Waals surface area contributed by atoms with Gasteiger partial charge in [-0.3, -0.25) is 0 Å². The van der Waals surface area contributed by atoms with E-state index in [-0.39, 0.29) is 5.82 Å². The molecule has 0 saturated heterocycles. The van der Waals surface area contributed by atoms with Crippen molar-refractivity contribution in [1.29, 1.82) is 0 Å². The van der Waals surface area contributed by atoms with Gasteiger partial charge in [0.2, 0.25) is 0 Å². The fraction of sp³-hybridized carbons (Fsp3) is 0.0714. The molecule has 0 spiro atoms. The van der Waals surface area contributed by atoms with E-state index in [9.17, 15) is 4.39 Å². The molecule has 5 heteroatoms. The lowest BCUT2D eigenvalue weighted by Crippen LogP contribution is -2.09. The van der Waals surface area contributed by atoms with Crippen LogP contribution in [0, 0.1) is 12.7 Å². The summed E-state index contributed by atoms with van der Waals surface area (Å²) in [4.78, 5) is 0.352. The van der Waals surface area contributed by atoms with E-state index in [2.05, 4.69) is 21.2 Å². The molecule has 0 unspecified atom stereocenters. The highest BCUT2D eigenvalue weighted by Gasteiger charge is 2.06. The number of rotatable bonds is 3. The molecule has 3 N–H and O–H groups in total. The molecule has 0 saturated carbocycles. The molecule has 98 valence electrons. The Balaban J connectivity index is 2.31. The first-order chi connectivity index (χ1) is 8.97. The summed E-state index contributed by atoms with van der Waals surface area (Å²) in [5.41, 5.74) is 8.93. The minimum absolute atomic E-state index is 0.244. The standard InChI is InChI=1S/C14H12BrFN2S/c1-8-6-10(16)3-5-12(8)18-13-4-2-9(14(17)19)7-11(13)15/h2-7,18H,1H3,(H2,17,19). The van der Waals surface area contributed by atoms with Crippen molar-refractivity contribution in [2.45, 2.75) is 6.92 Å². The van der Waals surface area contributed by atoms with Crippen LogP contribution in [0.3, 0.4) is 0 Å². The molecule has 0 aliphatic rings. The van der Waals surface area contributed by atoms with Gasteiger partial charge in [-0.1, -0.05) is 12.2 Å². The molecule has 2 nitrogen and oxygen atoms in total. The monoisotopic (exact) mass is 338 g/mol. The number of halogens is 2. The third kappa shape index (κ3) is 3.30. The van der Waals surface area contributed by atoms with Crippen LogP contribution in [-0.2, 0) is 0 Å². The van der Waals surface area contributed by atoms with Crippen LogP contribution < -0.4 is 11.1 Å². The predicted molar refractivity (Wildman–Crippen MR) is 84.4 cm³/mol. The number of hydrogen-bond acceptors (Lipinski definition) is 2. The Hall–Kier alpha value is -1.46. The molecule has 2 aromatic rings. The van der Waals surface area contributed by atoms with E-state index in [0.29, 0.717) is 4.99 Å². The van der Waals surface area contributed by atoms with Crippen molar-refractivity contribution in [3.63, 3.8) is 0 Å². The Morgan fingerprint density at radius 1 is 1.21 bits per heavy atom. The third-order valence-electron chi connectivity index (χ3n) is 2.71. The number of nitrogens with two attached hydrogens (primary N) is 1. The van der Waals surface area contributed by atoms with E-state index in [0.717, 1.165) is 27.0 Å². The predicted octanol–water partition coefficient (Wildman–Crippen LogP) is 4.27. The molecule has 0 atom stereocenters. The van der Waals surface area contributed by atoms with Crippen molar-refractivity contribution >= 4 is 44.5 Å². The molecule has 0 bridgehead atoms. The molecular formula is C14H12BrFN2S. The van der Waals surface area contributed by atoms with Gasteiger partial charge in [0, 0.05) is 15.7 Å². The maximum atomic E-state index is 13.0. The Labute approximate surface area is 124 Å². The number of thiocarbonyl (C=S) groups is 1. The van der Waals surface area contributed by atoms with Crippen LogP contribution in [0.25, 0.3) is 0 Å². The van der Waals surface area contributed by atoms with Gasteiger partial charge in [-0.25, -0.2) is 4.39 Å². The van der Waals surface area contributed by atoms with E-state index in [1.54, 1.807) is 6.07 Å². The van der Waals surface area contributed by atoms with Crippen molar-refractivity contribution in [3.8, 4) is 0 Å². The number of anilines is 2. The number of nitrogens with one attached hydrogen (secondary N) is 1. The summed E-state index contributed by atoms with van der Waals surface area (Å²) in [6, 6.07) is 10.2. The zero-order chi connectivity index (χ0) is 14.0. The second kappa shape index (κ2) is 5.67. The summed E-state index contributed by atoms with van der Waals surface area (Å²) < 4.78 is 13.9. The molecule has 0 aliphatic heterocycles. The topological polar surface area (TPSA) is 38.0 Å². The molecule has 19 heavy (non-hydrogen) atoms. The van der Waals surface area contributed by atoms with E-state index >= 15 is 0 Å². The summed E-state index contributed by atoms with van der Waals surface area (Å²) in [6.45, 7) is 1.85. The largest absolute Gasteiger partial charge is 0.389 e. The summed E-state index contributed by atoms with van der Waals surface area (Å²) in [5.74, 6) is -0.244. The Bertz CT molecular complexity index is 643. The SMILES string of the molecule is Cc1cc(F)ccc1Nc1ccc(C(N)=S)cc1Br. The van der Waals surface area contributed by atoms with Gasteiger partial charge in [0.1, 0.15) is 10.8 Å². The van der Waals surface area contributed by atoms with Gasteiger partial charge in [-0.05, 0) is 64.8 Å². The van der Waals surface area contributed by atoms with Gasteiger partial charge in [-0.15, -0.1) is 0 Å². The van der Waals surface area contributed by atoms with Crippen LogP contribution >= 0.6 is 28.1 Å². The highest BCUT2D eigenvalue weighted by atomic mass is 79.9. The van der Waals surface area contributed by atoms with Crippen LogP contribution in [0.1, 0.15) is 11.1 Å². The maximum Gasteiger partial charge on any atom is 0.123 e. The van der Waals surface area contributed by atoms with Crippen LogP contribution in [-0.4, -0.2) is 4.99 Å². The minimum Gasteiger partial charge on any atom is -0.389 e. The molecule has 2 rings (SSSR count). The highest BCUT2D eigenvalue weighted by Crippen LogP contribution is 2.28. The molecule has 0 radical (unpaired) electrons. The second-order valence-corrected chi connectivity index (χ2v) is 5.44. The number of hydrogen-bond donors (Lipinski definition) is 2. The lowest BCUT2D eigenvalue weighted by molar-refractivity contribution is 0.627. The Morgan fingerprint density at radius 2 is 1.89 bits per heavy atom. The van der Waals surface area contributed by atoms with Crippen molar-refractivity contribution in [2.24, 2.45) is 5.73 Å². The smallest absolute Gasteiger partial charge is 0.123 e. The normalized spacial score (nSPS) is 10.3. The molecule has 0 aliphatic carbocycles. The van der Waals surface area contributed by atoms with Gasteiger partial charge in [0.25, 0.3) is 0 Å². The fourth-order valence-electron chi connectivity index (χ4n) is 1.68. The summed E-state index contributed by atoms with van der Waals surface area (Å²) in [7, 11) is 0. The Morgan fingerprint density at radius 3 is 2.47 bits per heavy atom. The quantitative estimate of drug-likeness (QED) is 0.820. The first kappa shape index (κ1) is 14.0. The minimum atomic E-state index is -0.244. The molecule has 0 amide bonds. The molecule has 0 fully saturated rings. The zero-order valence-electron chi connectivity index (χ0n) is 10.2. The van der Waals surface area contributed by atoms with Crippen molar-refractivity contribution in [1.82, 2.24) is 0 Å². The average Bonchev–Trinajstić information content (AvgIpc) is 2.34. The fourth-order valence-corrected chi connectivity index (χ4v) is 2.29. The van der Waals surface area contributed by atoms with Gasteiger partial charge in [0.15, 0.2) is 0 Å². The zero-order valence-corrected chi connectivity index (χ0v) is 12.6. The van der Waals surface area contributed by atoms with Gasteiger partial charge in [0.05, 0.1) is 5.69 Å². The first-order valence-corrected chi connectivity index (χ1v) is 6.80. The van der Waals surface area contributed by atoms with E-state index < -0.39 is 0 Å². The Kier molecular flexibility index (Phi) is 4.17. The maximum absolute atomic E-state index is 13.0. The van der Waals surface area contributed by atoms with E-state index in [1.165, 1.54) is 12.1 Å². The molecule has 0 aromatic heterocycles. The van der Waals surface area contributed by atoms with Crippen LogP contribution in [0.15, 0.2) is 40.9 Å². The molecule has 0 heterocycles. The van der Waals surface area contributed by atoms with Gasteiger partial charge < -0.3 is 11.1 Å². The van der Waals surface area contributed by atoms with Crippen molar-refractivity contribution < 1.29 is 4.39 Å². The van der Waals surface area contributed by atoms with E-state index in [1.807, 2.05) is 25.1 Å². The lowest BCUT2D eigenvalue weighted by Gasteiger charge is -2.12. The van der Waals surface area contributed by atoms with Gasteiger partial charge >= 0.3 is 0 Å². The van der Waals surface area contributed by atoms with Gasteiger partial charge in [-0.2, -0.15) is 0 Å². The van der Waals surface area contributed by atoms with E-state index in [4.69, 9.17) is 18.0 Å². The van der Waals surface area contributed by atoms with Crippen molar-refractivity contribution in [3.05, 3.63) is 57.8 Å². The van der Waals surface area contributed by atoms with Crippen LogP contribution in [0.5, 0.6) is 0 Å². The molecule has 2 aromatic carbocycles. The van der Waals surface area contributed by atoms with Crippen LogP contribution in [0.4, 0.5) is 15.8 Å². The summed E-state index contributed by atoms with van der Waals surface area (Å²) >= 11 is 8.38. The highest BCUT2D eigenvalue weighted by molar-refractivity contribution is 9.10. The van der Waals surface area contributed by atoms with Crippen LogP contribution in [0.2, 0.25) is 0 Å². The third-order valence-corrected chi connectivity index (χ3v) is 3.60. The average molecular weight is 339 g/mol. The van der Waals surface area contributed by atoms with Crippen molar-refractivity contribution in [2.75, 3.05) is 5.32 Å². The first-order valence-electron chi connectivity index (χ1n) is 5.60. The lowest BCUT2D eigenvalue weighted by atomic mass is 10.1. The second-order valence-electron chi connectivity index (χ2n) is 4.14. The summed E-state index contributed by atoms with van der Waals surface area (Å²) in [6.07, 6.45) is 0. The summed E-state index contributed by atoms with van der Waals surface area (Å²) in [5, 5.41) is 3.24. The molecular weight excluding hydrogens is 327 g/mol. The number of aryl methyl sites for hydroxylation is 1. The number of benzene rings is 2.